The Morgan fingerprint density at radius 2 is 2.05 bits per heavy atom. The number of nitrogens with zero attached hydrogens (tertiary/aromatic N) is 2. The van der Waals surface area contributed by atoms with Crippen molar-refractivity contribution in [3.63, 3.8) is 0 Å². The Hall–Kier alpha value is -2.37. The maximum atomic E-state index is 13.8. The lowest BCUT2D eigenvalue weighted by molar-refractivity contribution is 0.0697. The van der Waals surface area contributed by atoms with Crippen LogP contribution in [0.15, 0.2) is 18.2 Å². The average Bonchev–Trinajstić information content (AvgIpc) is 2.57. The SMILES string of the molecule is Cc1nn(C)c(C)c1Nc1c(F)cccc1C(=O)O. The van der Waals surface area contributed by atoms with Crippen molar-refractivity contribution in [2.75, 3.05) is 5.32 Å². The topological polar surface area (TPSA) is 67.2 Å². The highest BCUT2D eigenvalue weighted by molar-refractivity contribution is 5.95. The summed E-state index contributed by atoms with van der Waals surface area (Å²) in [5.41, 5.74) is 1.95. The van der Waals surface area contributed by atoms with Crippen molar-refractivity contribution in [2.24, 2.45) is 7.05 Å². The van der Waals surface area contributed by atoms with Gasteiger partial charge in [-0.2, -0.15) is 5.10 Å². The summed E-state index contributed by atoms with van der Waals surface area (Å²) >= 11 is 0. The summed E-state index contributed by atoms with van der Waals surface area (Å²) in [6.45, 7) is 3.60. The molecule has 0 saturated carbocycles. The van der Waals surface area contributed by atoms with E-state index in [-0.39, 0.29) is 11.3 Å². The Kier molecular flexibility index (Phi) is 3.25. The monoisotopic (exact) mass is 263 g/mol. The standard InChI is InChI=1S/C13H14FN3O2/c1-7-11(8(2)17(3)16-7)15-12-9(13(18)19)5-4-6-10(12)14/h4-6,15H,1-3H3,(H,18,19). The lowest BCUT2D eigenvalue weighted by Crippen LogP contribution is -2.06. The lowest BCUT2D eigenvalue weighted by Gasteiger charge is -2.11. The van der Waals surface area contributed by atoms with Gasteiger partial charge in [0.2, 0.25) is 0 Å². The summed E-state index contributed by atoms with van der Waals surface area (Å²) in [5, 5.41) is 16.1. The number of carboxylic acid groups (broad SMARTS) is 1. The number of nitrogens with one attached hydrogen (secondary N) is 1. The fraction of sp³-hybridized carbons (Fsp3) is 0.231. The van der Waals surface area contributed by atoms with Gasteiger partial charge in [-0.15, -0.1) is 0 Å². The van der Waals surface area contributed by atoms with Crippen molar-refractivity contribution < 1.29 is 14.3 Å². The number of aromatic nitrogens is 2. The molecule has 19 heavy (non-hydrogen) atoms. The normalized spacial score (nSPS) is 10.5. The van der Waals surface area contributed by atoms with Gasteiger partial charge >= 0.3 is 5.97 Å². The van der Waals surface area contributed by atoms with Crippen molar-refractivity contribution in [1.82, 2.24) is 9.78 Å². The molecular formula is C13H14FN3O2. The van der Waals surface area contributed by atoms with Gasteiger partial charge in [-0.1, -0.05) is 6.07 Å². The van der Waals surface area contributed by atoms with E-state index in [1.807, 2.05) is 6.92 Å². The molecular weight excluding hydrogens is 249 g/mol. The zero-order valence-corrected chi connectivity index (χ0v) is 10.9. The van der Waals surface area contributed by atoms with E-state index in [0.717, 1.165) is 5.69 Å². The van der Waals surface area contributed by atoms with Crippen LogP contribution in [0.25, 0.3) is 0 Å². The highest BCUT2D eigenvalue weighted by atomic mass is 19.1. The van der Waals surface area contributed by atoms with Gasteiger partial charge in [0.1, 0.15) is 5.82 Å². The van der Waals surface area contributed by atoms with E-state index >= 15 is 0 Å². The van der Waals surface area contributed by atoms with Crippen molar-refractivity contribution in [3.05, 3.63) is 41.0 Å². The molecule has 0 amide bonds. The van der Waals surface area contributed by atoms with E-state index in [0.29, 0.717) is 11.4 Å². The van der Waals surface area contributed by atoms with Gasteiger partial charge in [0.15, 0.2) is 0 Å². The van der Waals surface area contributed by atoms with Crippen LogP contribution in [0, 0.1) is 19.7 Å². The summed E-state index contributed by atoms with van der Waals surface area (Å²) in [7, 11) is 1.77. The maximum Gasteiger partial charge on any atom is 0.337 e. The summed E-state index contributed by atoms with van der Waals surface area (Å²) in [4.78, 5) is 11.1. The molecule has 100 valence electrons. The largest absolute Gasteiger partial charge is 0.478 e. The molecule has 0 atom stereocenters. The van der Waals surface area contributed by atoms with Gasteiger partial charge in [0, 0.05) is 7.05 Å². The number of hydrogen-bond donors (Lipinski definition) is 2. The highest BCUT2D eigenvalue weighted by Crippen LogP contribution is 2.28. The predicted molar refractivity (Wildman–Crippen MR) is 69.3 cm³/mol. The van der Waals surface area contributed by atoms with Gasteiger partial charge in [-0.3, -0.25) is 4.68 Å². The molecule has 0 aliphatic rings. The molecule has 0 radical (unpaired) electrons. The predicted octanol–water partition coefficient (Wildman–Crippen LogP) is 2.62. The van der Waals surface area contributed by atoms with Crippen LogP contribution in [0.2, 0.25) is 0 Å². The van der Waals surface area contributed by atoms with Gasteiger partial charge in [-0.05, 0) is 26.0 Å². The molecule has 5 nitrogen and oxygen atoms in total. The Morgan fingerprint density at radius 1 is 1.37 bits per heavy atom. The van der Waals surface area contributed by atoms with E-state index < -0.39 is 11.8 Å². The van der Waals surface area contributed by atoms with E-state index in [4.69, 9.17) is 5.11 Å². The number of carboxylic acids is 1. The second kappa shape index (κ2) is 4.72. The van der Waals surface area contributed by atoms with E-state index in [2.05, 4.69) is 10.4 Å². The summed E-state index contributed by atoms with van der Waals surface area (Å²) in [5.74, 6) is -1.79. The van der Waals surface area contributed by atoms with E-state index in [9.17, 15) is 9.18 Å². The average molecular weight is 263 g/mol. The summed E-state index contributed by atoms with van der Waals surface area (Å²) in [6.07, 6.45) is 0. The first-order chi connectivity index (χ1) is 8.91. The summed E-state index contributed by atoms with van der Waals surface area (Å²) in [6, 6.07) is 3.94. The molecule has 0 spiro atoms. The molecule has 2 N–H and O–H groups in total. The molecule has 0 bridgehead atoms. The number of anilines is 2. The lowest BCUT2D eigenvalue weighted by atomic mass is 10.1. The van der Waals surface area contributed by atoms with Crippen molar-refractivity contribution in [2.45, 2.75) is 13.8 Å². The maximum absolute atomic E-state index is 13.8. The van der Waals surface area contributed by atoms with Crippen LogP contribution < -0.4 is 5.32 Å². The van der Waals surface area contributed by atoms with Crippen LogP contribution >= 0.6 is 0 Å². The first-order valence-corrected chi connectivity index (χ1v) is 5.71. The second-order valence-corrected chi connectivity index (χ2v) is 4.26. The van der Waals surface area contributed by atoms with Gasteiger partial charge < -0.3 is 10.4 Å². The van der Waals surface area contributed by atoms with Gasteiger partial charge in [0.05, 0.1) is 28.3 Å². The minimum Gasteiger partial charge on any atom is -0.478 e. The number of rotatable bonds is 3. The molecule has 0 saturated heterocycles. The van der Waals surface area contributed by atoms with Crippen LogP contribution in [0.5, 0.6) is 0 Å². The van der Waals surface area contributed by atoms with Crippen LogP contribution in [-0.4, -0.2) is 20.9 Å². The molecule has 1 heterocycles. The molecule has 0 aliphatic heterocycles. The number of aromatic carboxylic acids is 1. The zero-order chi connectivity index (χ0) is 14.2. The Labute approximate surface area is 109 Å². The molecule has 1 aromatic carbocycles. The fourth-order valence-corrected chi connectivity index (χ4v) is 1.91. The fourth-order valence-electron chi connectivity index (χ4n) is 1.91. The minimum atomic E-state index is -1.18. The number of benzene rings is 1. The Morgan fingerprint density at radius 3 is 2.58 bits per heavy atom. The van der Waals surface area contributed by atoms with Crippen molar-refractivity contribution in [3.8, 4) is 0 Å². The molecule has 0 aliphatic carbocycles. The third-order valence-corrected chi connectivity index (χ3v) is 3.00. The molecule has 1 aromatic heterocycles. The zero-order valence-electron chi connectivity index (χ0n) is 10.9. The number of para-hydroxylation sites is 1. The third kappa shape index (κ3) is 2.29. The van der Waals surface area contributed by atoms with Crippen LogP contribution in [0.4, 0.5) is 15.8 Å². The number of carbonyl (C=O) groups is 1. The quantitative estimate of drug-likeness (QED) is 0.893. The Bertz CT molecular complexity index is 650. The molecule has 0 fully saturated rings. The van der Waals surface area contributed by atoms with Crippen molar-refractivity contribution >= 4 is 17.3 Å². The van der Waals surface area contributed by atoms with Crippen molar-refractivity contribution in [1.29, 1.82) is 0 Å². The smallest absolute Gasteiger partial charge is 0.337 e. The van der Waals surface area contributed by atoms with Crippen LogP contribution in [0.1, 0.15) is 21.7 Å². The minimum absolute atomic E-state index is 0.0470. The molecule has 2 rings (SSSR count). The number of aryl methyl sites for hydroxylation is 2. The molecule has 2 aromatic rings. The second-order valence-electron chi connectivity index (χ2n) is 4.26. The number of halogens is 1. The van der Waals surface area contributed by atoms with Crippen LogP contribution in [-0.2, 0) is 7.05 Å². The summed E-state index contributed by atoms with van der Waals surface area (Å²) < 4.78 is 15.5. The Balaban J connectivity index is 2.52. The van der Waals surface area contributed by atoms with Crippen LogP contribution in [0.3, 0.4) is 0 Å². The number of hydrogen-bond acceptors (Lipinski definition) is 3. The van der Waals surface area contributed by atoms with E-state index in [1.165, 1.54) is 18.2 Å². The first-order valence-electron chi connectivity index (χ1n) is 5.71. The van der Waals surface area contributed by atoms with E-state index in [1.54, 1.807) is 18.7 Å². The first kappa shape index (κ1) is 13.1. The highest BCUT2D eigenvalue weighted by Gasteiger charge is 2.17. The molecule has 0 unspecified atom stereocenters. The molecule has 6 heteroatoms. The van der Waals surface area contributed by atoms with Gasteiger partial charge in [-0.25, -0.2) is 9.18 Å². The van der Waals surface area contributed by atoms with Gasteiger partial charge in [0.25, 0.3) is 0 Å². The third-order valence-electron chi connectivity index (χ3n) is 3.00.